The number of nitrogens with zero attached hydrogens (tertiary/aromatic N) is 2. The second-order valence-corrected chi connectivity index (χ2v) is 5.56. The van der Waals surface area contributed by atoms with Gasteiger partial charge < -0.3 is 5.32 Å². The average molecular weight is 299 g/mol. The smallest absolute Gasteiger partial charge is 0.271 e. The Morgan fingerprint density at radius 3 is 2.55 bits per heavy atom. The fourth-order valence-electron chi connectivity index (χ4n) is 2.37. The first-order valence-electron chi connectivity index (χ1n) is 8.03. The largest absolute Gasteiger partial charge is 0.312 e. The average Bonchev–Trinajstić information content (AvgIpc) is 2.55. The highest BCUT2D eigenvalue weighted by molar-refractivity contribution is 5.59. The highest BCUT2D eigenvalue weighted by Gasteiger charge is 2.08. The van der Waals surface area contributed by atoms with E-state index in [1.165, 1.54) is 10.2 Å². The lowest BCUT2D eigenvalue weighted by atomic mass is 10.1. The summed E-state index contributed by atoms with van der Waals surface area (Å²) in [7, 11) is 1.71. The first-order valence-corrected chi connectivity index (χ1v) is 8.03. The van der Waals surface area contributed by atoms with E-state index in [0.29, 0.717) is 6.54 Å². The zero-order valence-electron chi connectivity index (χ0n) is 13.7. The van der Waals surface area contributed by atoms with E-state index in [0.717, 1.165) is 42.6 Å². The van der Waals surface area contributed by atoms with Crippen LogP contribution in [0.5, 0.6) is 0 Å². The van der Waals surface area contributed by atoms with Crippen LogP contribution in [0.15, 0.2) is 35.1 Å². The van der Waals surface area contributed by atoms with Gasteiger partial charge in [0.05, 0.1) is 5.69 Å². The van der Waals surface area contributed by atoms with Gasteiger partial charge in [-0.25, -0.2) is 4.68 Å². The van der Waals surface area contributed by atoms with E-state index < -0.39 is 0 Å². The van der Waals surface area contributed by atoms with Crippen LogP contribution in [0, 0.1) is 0 Å². The summed E-state index contributed by atoms with van der Waals surface area (Å²) in [5.41, 5.74) is 3.93. The number of benzene rings is 1. The Hall–Kier alpha value is -1.94. The Labute approximate surface area is 132 Å². The Morgan fingerprint density at radius 2 is 1.91 bits per heavy atom. The second-order valence-electron chi connectivity index (χ2n) is 5.56. The van der Waals surface area contributed by atoms with Crippen molar-refractivity contribution in [1.29, 1.82) is 0 Å². The molecule has 0 fully saturated rings. The first kappa shape index (κ1) is 16.4. The van der Waals surface area contributed by atoms with Crippen LogP contribution < -0.4 is 10.9 Å². The molecule has 0 bridgehead atoms. The first-order chi connectivity index (χ1) is 10.7. The highest BCUT2D eigenvalue weighted by atomic mass is 16.1. The van der Waals surface area contributed by atoms with E-state index in [1.54, 1.807) is 7.05 Å². The van der Waals surface area contributed by atoms with E-state index in [4.69, 9.17) is 0 Å². The molecule has 0 saturated carbocycles. The van der Waals surface area contributed by atoms with Gasteiger partial charge in [0.25, 0.3) is 5.56 Å². The summed E-state index contributed by atoms with van der Waals surface area (Å²) in [6.45, 7) is 5.82. The van der Waals surface area contributed by atoms with Crippen molar-refractivity contribution in [3.8, 4) is 11.3 Å². The molecule has 0 saturated heterocycles. The molecule has 0 aliphatic heterocycles. The van der Waals surface area contributed by atoms with Gasteiger partial charge in [0.1, 0.15) is 0 Å². The van der Waals surface area contributed by atoms with Gasteiger partial charge in [0.2, 0.25) is 0 Å². The minimum atomic E-state index is -0.0297. The molecule has 0 aliphatic carbocycles. The van der Waals surface area contributed by atoms with E-state index in [-0.39, 0.29) is 5.56 Å². The van der Waals surface area contributed by atoms with Crippen LogP contribution in [0.4, 0.5) is 0 Å². The predicted octanol–water partition coefficient (Wildman–Crippen LogP) is 2.90. The molecule has 0 spiro atoms. The van der Waals surface area contributed by atoms with Crippen molar-refractivity contribution in [2.75, 3.05) is 6.54 Å². The maximum atomic E-state index is 12.2. The fraction of sp³-hybridized carbons (Fsp3) is 0.444. The number of hydrogen-bond acceptors (Lipinski definition) is 3. The van der Waals surface area contributed by atoms with Crippen LogP contribution in [0.25, 0.3) is 11.3 Å². The third-order valence-corrected chi connectivity index (χ3v) is 3.82. The maximum absolute atomic E-state index is 12.2. The molecular formula is C18H25N3O. The summed E-state index contributed by atoms with van der Waals surface area (Å²) >= 11 is 0. The number of hydrogen-bond donors (Lipinski definition) is 1. The normalized spacial score (nSPS) is 10.9. The van der Waals surface area contributed by atoms with Crippen LogP contribution in [0.2, 0.25) is 0 Å². The molecule has 4 nitrogen and oxygen atoms in total. The van der Waals surface area contributed by atoms with Crippen molar-refractivity contribution in [3.63, 3.8) is 0 Å². The second kappa shape index (κ2) is 7.90. The van der Waals surface area contributed by atoms with Gasteiger partial charge in [0.15, 0.2) is 0 Å². The van der Waals surface area contributed by atoms with Crippen LogP contribution in [-0.2, 0) is 20.0 Å². The van der Waals surface area contributed by atoms with Crippen LogP contribution in [0.3, 0.4) is 0 Å². The monoisotopic (exact) mass is 299 g/mol. The molecule has 2 rings (SSSR count). The summed E-state index contributed by atoms with van der Waals surface area (Å²) in [4.78, 5) is 12.2. The number of unbranched alkanes of at least 4 members (excludes halogenated alkanes) is 1. The van der Waals surface area contributed by atoms with Gasteiger partial charge >= 0.3 is 0 Å². The van der Waals surface area contributed by atoms with Gasteiger partial charge in [-0.1, -0.05) is 44.5 Å². The standard InChI is InChI=1S/C18H25N3O/c1-4-6-11-19-13-16-12-17(20-21(3)18(16)22)15-9-7-14(5-2)8-10-15/h7-10,12,19H,4-6,11,13H2,1-3H3. The molecule has 0 amide bonds. The molecule has 1 aromatic heterocycles. The van der Waals surface area contributed by atoms with Crippen LogP contribution in [-0.4, -0.2) is 16.3 Å². The lowest BCUT2D eigenvalue weighted by molar-refractivity contribution is 0.623. The van der Waals surface area contributed by atoms with Gasteiger partial charge in [-0.2, -0.15) is 5.10 Å². The van der Waals surface area contributed by atoms with Crippen molar-refractivity contribution < 1.29 is 0 Å². The summed E-state index contributed by atoms with van der Waals surface area (Å²) in [6.07, 6.45) is 3.29. The molecule has 4 heteroatoms. The molecular weight excluding hydrogens is 274 g/mol. The van der Waals surface area contributed by atoms with Crippen molar-refractivity contribution in [2.45, 2.75) is 39.7 Å². The minimum absolute atomic E-state index is 0.0297. The molecule has 0 radical (unpaired) electrons. The van der Waals surface area contributed by atoms with E-state index in [1.807, 2.05) is 6.07 Å². The molecule has 0 aliphatic rings. The van der Waals surface area contributed by atoms with Gasteiger partial charge in [-0.15, -0.1) is 0 Å². The number of aromatic nitrogens is 2. The number of nitrogens with one attached hydrogen (secondary N) is 1. The zero-order chi connectivity index (χ0) is 15.9. The Bertz CT molecular complexity index is 659. The highest BCUT2D eigenvalue weighted by Crippen LogP contribution is 2.17. The molecule has 118 valence electrons. The summed E-state index contributed by atoms with van der Waals surface area (Å²) < 4.78 is 1.43. The topological polar surface area (TPSA) is 46.9 Å². The molecule has 0 atom stereocenters. The van der Waals surface area contributed by atoms with E-state index in [9.17, 15) is 4.79 Å². The fourth-order valence-corrected chi connectivity index (χ4v) is 2.37. The third-order valence-electron chi connectivity index (χ3n) is 3.82. The van der Waals surface area contributed by atoms with Crippen molar-refractivity contribution in [2.24, 2.45) is 7.05 Å². The zero-order valence-corrected chi connectivity index (χ0v) is 13.7. The molecule has 22 heavy (non-hydrogen) atoms. The molecule has 2 aromatic rings. The quantitative estimate of drug-likeness (QED) is 0.800. The predicted molar refractivity (Wildman–Crippen MR) is 90.9 cm³/mol. The summed E-state index contributed by atoms with van der Waals surface area (Å²) in [6, 6.07) is 10.3. The number of aryl methyl sites for hydroxylation is 2. The molecule has 0 unspecified atom stereocenters. The molecule has 1 heterocycles. The van der Waals surface area contributed by atoms with Crippen LogP contribution >= 0.6 is 0 Å². The Morgan fingerprint density at radius 1 is 1.18 bits per heavy atom. The van der Waals surface area contributed by atoms with Crippen molar-refractivity contribution in [3.05, 3.63) is 51.8 Å². The third kappa shape index (κ3) is 4.04. The lowest BCUT2D eigenvalue weighted by Gasteiger charge is -2.09. The Balaban J connectivity index is 2.24. The minimum Gasteiger partial charge on any atom is -0.312 e. The lowest BCUT2D eigenvalue weighted by Crippen LogP contribution is -2.28. The summed E-state index contributed by atoms with van der Waals surface area (Å²) in [5.74, 6) is 0. The van der Waals surface area contributed by atoms with Gasteiger partial charge in [-0.05, 0) is 31.0 Å². The Kier molecular flexibility index (Phi) is 5.90. The molecule has 1 aromatic carbocycles. The van der Waals surface area contributed by atoms with Gasteiger partial charge in [-0.3, -0.25) is 4.79 Å². The van der Waals surface area contributed by atoms with Crippen molar-refractivity contribution in [1.82, 2.24) is 15.1 Å². The van der Waals surface area contributed by atoms with Gasteiger partial charge in [0, 0.05) is 24.7 Å². The molecule has 1 N–H and O–H groups in total. The number of rotatable bonds is 7. The van der Waals surface area contributed by atoms with E-state index >= 15 is 0 Å². The maximum Gasteiger partial charge on any atom is 0.271 e. The van der Waals surface area contributed by atoms with E-state index in [2.05, 4.69) is 48.5 Å². The van der Waals surface area contributed by atoms with Crippen LogP contribution in [0.1, 0.15) is 37.8 Å². The SMILES string of the molecule is CCCCNCc1cc(-c2ccc(CC)cc2)nn(C)c1=O. The summed E-state index contributed by atoms with van der Waals surface area (Å²) in [5, 5.41) is 7.71. The van der Waals surface area contributed by atoms with Crippen molar-refractivity contribution >= 4 is 0 Å².